The Bertz CT molecular complexity index is 213. The average molecular weight is 202 g/mol. The van der Waals surface area contributed by atoms with Crippen molar-refractivity contribution in [1.29, 1.82) is 0 Å². The molecular weight excluding hydrogens is 188 g/mol. The highest BCUT2D eigenvalue weighted by molar-refractivity contribution is 5.75. The summed E-state index contributed by atoms with van der Waals surface area (Å²) in [5.41, 5.74) is 0. The SMILES string of the molecule is O=C(O)CCNC(=O)N1CCOCC1. The van der Waals surface area contributed by atoms with Gasteiger partial charge in [0.15, 0.2) is 0 Å². The van der Waals surface area contributed by atoms with Crippen LogP contribution in [0.5, 0.6) is 0 Å². The quantitative estimate of drug-likeness (QED) is 0.646. The average Bonchev–Trinajstić information content (AvgIpc) is 2.18. The van der Waals surface area contributed by atoms with E-state index in [-0.39, 0.29) is 19.0 Å². The van der Waals surface area contributed by atoms with Crippen LogP contribution in [-0.4, -0.2) is 54.9 Å². The zero-order valence-electron chi connectivity index (χ0n) is 7.86. The molecule has 1 rings (SSSR count). The highest BCUT2D eigenvalue weighted by Gasteiger charge is 2.15. The van der Waals surface area contributed by atoms with Crippen LogP contribution in [0.4, 0.5) is 4.79 Å². The molecule has 0 radical (unpaired) electrons. The highest BCUT2D eigenvalue weighted by Crippen LogP contribution is 1.96. The molecule has 6 heteroatoms. The van der Waals surface area contributed by atoms with Gasteiger partial charge >= 0.3 is 12.0 Å². The van der Waals surface area contributed by atoms with Crippen molar-refractivity contribution in [1.82, 2.24) is 10.2 Å². The first-order valence-corrected chi connectivity index (χ1v) is 4.52. The molecular formula is C8H14N2O4. The Hall–Kier alpha value is -1.30. The van der Waals surface area contributed by atoms with Crippen LogP contribution in [0.25, 0.3) is 0 Å². The molecule has 0 aromatic carbocycles. The fourth-order valence-electron chi connectivity index (χ4n) is 1.15. The molecule has 0 aliphatic carbocycles. The van der Waals surface area contributed by atoms with Gasteiger partial charge in [-0.2, -0.15) is 0 Å². The maximum atomic E-state index is 11.3. The number of amides is 2. The molecule has 2 N–H and O–H groups in total. The van der Waals surface area contributed by atoms with E-state index in [0.717, 1.165) is 0 Å². The molecule has 80 valence electrons. The predicted molar refractivity (Wildman–Crippen MR) is 48.0 cm³/mol. The Morgan fingerprint density at radius 2 is 2.00 bits per heavy atom. The van der Waals surface area contributed by atoms with E-state index < -0.39 is 5.97 Å². The van der Waals surface area contributed by atoms with Crippen LogP contribution in [-0.2, 0) is 9.53 Å². The van der Waals surface area contributed by atoms with Gasteiger partial charge in [0, 0.05) is 19.6 Å². The maximum absolute atomic E-state index is 11.3. The molecule has 0 aromatic rings. The van der Waals surface area contributed by atoms with Crippen molar-refractivity contribution in [2.75, 3.05) is 32.8 Å². The van der Waals surface area contributed by atoms with Gasteiger partial charge in [-0.3, -0.25) is 4.79 Å². The van der Waals surface area contributed by atoms with Gasteiger partial charge < -0.3 is 20.1 Å². The Morgan fingerprint density at radius 1 is 1.36 bits per heavy atom. The first-order valence-electron chi connectivity index (χ1n) is 4.52. The number of urea groups is 1. The first-order chi connectivity index (χ1) is 6.70. The van der Waals surface area contributed by atoms with Crippen molar-refractivity contribution in [2.45, 2.75) is 6.42 Å². The molecule has 0 unspecified atom stereocenters. The molecule has 0 spiro atoms. The number of carbonyl (C=O) groups is 2. The normalized spacial score (nSPS) is 16.4. The predicted octanol–water partition coefficient (Wildman–Crippen LogP) is -0.497. The Labute approximate surface area is 81.8 Å². The number of carboxylic acids is 1. The summed E-state index contributed by atoms with van der Waals surface area (Å²) in [6.07, 6.45) is -0.0456. The summed E-state index contributed by atoms with van der Waals surface area (Å²) in [4.78, 5) is 23.1. The summed E-state index contributed by atoms with van der Waals surface area (Å²) in [5, 5.41) is 10.9. The number of morpholine rings is 1. The number of carboxylic acid groups (broad SMARTS) is 1. The Kier molecular flexibility index (Phi) is 4.18. The number of carbonyl (C=O) groups excluding carboxylic acids is 1. The zero-order chi connectivity index (χ0) is 10.4. The standard InChI is InChI=1S/C8H14N2O4/c11-7(12)1-2-9-8(13)10-3-5-14-6-4-10/h1-6H2,(H,9,13)(H,11,12). The third-order valence-electron chi connectivity index (χ3n) is 1.91. The molecule has 1 heterocycles. The summed E-state index contributed by atoms with van der Waals surface area (Å²) >= 11 is 0. The van der Waals surface area contributed by atoms with Crippen LogP contribution in [0.3, 0.4) is 0 Å². The van der Waals surface area contributed by atoms with E-state index in [1.165, 1.54) is 0 Å². The fraction of sp³-hybridized carbons (Fsp3) is 0.750. The van der Waals surface area contributed by atoms with Gasteiger partial charge in [0.1, 0.15) is 0 Å². The largest absolute Gasteiger partial charge is 0.481 e. The van der Waals surface area contributed by atoms with Crippen molar-refractivity contribution in [3.63, 3.8) is 0 Å². The number of ether oxygens (including phenoxy) is 1. The number of hydrogen-bond acceptors (Lipinski definition) is 3. The van der Waals surface area contributed by atoms with Gasteiger partial charge in [0.2, 0.25) is 0 Å². The first kappa shape index (κ1) is 10.8. The molecule has 1 fully saturated rings. The smallest absolute Gasteiger partial charge is 0.317 e. The van der Waals surface area contributed by atoms with Gasteiger partial charge in [-0.1, -0.05) is 0 Å². The van der Waals surface area contributed by atoms with Gasteiger partial charge in [0.25, 0.3) is 0 Å². The molecule has 0 saturated carbocycles. The number of rotatable bonds is 3. The summed E-state index contributed by atoms with van der Waals surface area (Å²) in [5.74, 6) is -0.910. The summed E-state index contributed by atoms with van der Waals surface area (Å²) in [7, 11) is 0. The van der Waals surface area contributed by atoms with E-state index in [9.17, 15) is 9.59 Å². The minimum Gasteiger partial charge on any atom is -0.481 e. The molecule has 0 bridgehead atoms. The van der Waals surface area contributed by atoms with Crippen LogP contribution < -0.4 is 5.32 Å². The lowest BCUT2D eigenvalue weighted by Crippen LogP contribution is -2.46. The number of aliphatic carboxylic acids is 1. The van der Waals surface area contributed by atoms with Crippen LogP contribution >= 0.6 is 0 Å². The molecule has 0 aromatic heterocycles. The minimum atomic E-state index is -0.910. The van der Waals surface area contributed by atoms with Crippen molar-refractivity contribution < 1.29 is 19.4 Å². The number of nitrogens with zero attached hydrogens (tertiary/aromatic N) is 1. The molecule has 14 heavy (non-hydrogen) atoms. The topological polar surface area (TPSA) is 78.9 Å². The lowest BCUT2D eigenvalue weighted by Gasteiger charge is -2.26. The second-order valence-corrected chi connectivity index (χ2v) is 2.98. The Morgan fingerprint density at radius 3 is 2.57 bits per heavy atom. The van der Waals surface area contributed by atoms with E-state index >= 15 is 0 Å². The molecule has 1 saturated heterocycles. The second kappa shape index (κ2) is 5.43. The Balaban J connectivity index is 2.16. The van der Waals surface area contributed by atoms with Crippen molar-refractivity contribution in [3.05, 3.63) is 0 Å². The third kappa shape index (κ3) is 3.61. The van der Waals surface area contributed by atoms with Crippen molar-refractivity contribution in [2.24, 2.45) is 0 Å². The molecule has 1 aliphatic rings. The lowest BCUT2D eigenvalue weighted by atomic mass is 10.4. The number of nitrogens with one attached hydrogen (secondary N) is 1. The van der Waals surface area contributed by atoms with Crippen molar-refractivity contribution in [3.8, 4) is 0 Å². The maximum Gasteiger partial charge on any atom is 0.317 e. The van der Waals surface area contributed by atoms with Gasteiger partial charge in [-0.05, 0) is 0 Å². The molecule has 2 amide bonds. The highest BCUT2D eigenvalue weighted by atomic mass is 16.5. The van der Waals surface area contributed by atoms with Crippen LogP contribution in [0.15, 0.2) is 0 Å². The van der Waals surface area contributed by atoms with E-state index in [4.69, 9.17) is 9.84 Å². The number of hydrogen-bond donors (Lipinski definition) is 2. The summed E-state index contributed by atoms with van der Waals surface area (Å²) in [6.45, 7) is 2.40. The summed E-state index contributed by atoms with van der Waals surface area (Å²) in [6, 6.07) is -0.213. The van der Waals surface area contributed by atoms with E-state index in [1.54, 1.807) is 4.90 Å². The van der Waals surface area contributed by atoms with Crippen LogP contribution in [0, 0.1) is 0 Å². The van der Waals surface area contributed by atoms with Crippen molar-refractivity contribution >= 4 is 12.0 Å². The van der Waals surface area contributed by atoms with Crippen LogP contribution in [0.2, 0.25) is 0 Å². The van der Waals surface area contributed by atoms with Gasteiger partial charge in [-0.15, -0.1) is 0 Å². The van der Waals surface area contributed by atoms with Crippen LogP contribution in [0.1, 0.15) is 6.42 Å². The fourth-order valence-corrected chi connectivity index (χ4v) is 1.15. The second-order valence-electron chi connectivity index (χ2n) is 2.98. The lowest BCUT2D eigenvalue weighted by molar-refractivity contribution is -0.136. The third-order valence-corrected chi connectivity index (χ3v) is 1.91. The molecule has 0 atom stereocenters. The van der Waals surface area contributed by atoms with E-state index in [2.05, 4.69) is 5.32 Å². The van der Waals surface area contributed by atoms with E-state index in [1.807, 2.05) is 0 Å². The molecule has 6 nitrogen and oxygen atoms in total. The van der Waals surface area contributed by atoms with Gasteiger partial charge in [-0.25, -0.2) is 4.79 Å². The minimum absolute atomic E-state index is 0.0456. The van der Waals surface area contributed by atoms with E-state index in [0.29, 0.717) is 26.3 Å². The van der Waals surface area contributed by atoms with Gasteiger partial charge in [0.05, 0.1) is 19.6 Å². The monoisotopic (exact) mass is 202 g/mol. The molecule has 1 aliphatic heterocycles. The summed E-state index contributed by atoms with van der Waals surface area (Å²) < 4.78 is 5.08. The zero-order valence-corrected chi connectivity index (χ0v) is 7.86.